The number of non-ortho nitro benzene ring substituents is 1. The molecule has 31 heavy (non-hydrogen) atoms. The highest BCUT2D eigenvalue weighted by Crippen LogP contribution is 2.29. The summed E-state index contributed by atoms with van der Waals surface area (Å²) in [6, 6.07) is 17.2. The molecule has 0 spiro atoms. The van der Waals surface area contributed by atoms with Crippen LogP contribution in [0.1, 0.15) is 11.1 Å². The van der Waals surface area contributed by atoms with Crippen LogP contribution in [0.4, 0.5) is 17.1 Å². The lowest BCUT2D eigenvalue weighted by atomic mass is 10.2. The lowest BCUT2D eigenvalue weighted by Crippen LogP contribution is -2.17. The van der Waals surface area contributed by atoms with E-state index < -0.39 is 31.2 Å². The van der Waals surface area contributed by atoms with Gasteiger partial charge in [-0.15, -0.1) is 4.40 Å². The minimum atomic E-state index is -4.15. The SMILES string of the molecule is Cc1ccc(S(=O)(=O)N=C(Nc2ccc([N+](=O)[O-])cc2[N+](=O)[O-])c2ccccc2)cc1. The smallest absolute Gasteiger partial charge is 0.299 e. The van der Waals surface area contributed by atoms with E-state index in [0.717, 1.165) is 23.8 Å². The highest BCUT2D eigenvalue weighted by Gasteiger charge is 2.22. The van der Waals surface area contributed by atoms with E-state index in [9.17, 15) is 28.6 Å². The van der Waals surface area contributed by atoms with Gasteiger partial charge in [-0.3, -0.25) is 20.2 Å². The van der Waals surface area contributed by atoms with Crippen molar-refractivity contribution < 1.29 is 18.3 Å². The summed E-state index contributed by atoms with van der Waals surface area (Å²) in [5, 5.41) is 25.1. The van der Waals surface area contributed by atoms with Gasteiger partial charge in [-0.05, 0) is 25.1 Å². The maximum Gasteiger partial charge on any atom is 0.299 e. The van der Waals surface area contributed by atoms with E-state index in [4.69, 9.17) is 0 Å². The number of hydrogen-bond donors (Lipinski definition) is 1. The summed E-state index contributed by atoms with van der Waals surface area (Å²) in [5.41, 5.74) is 0.0160. The van der Waals surface area contributed by atoms with Gasteiger partial charge in [-0.2, -0.15) is 8.42 Å². The maximum absolute atomic E-state index is 12.8. The van der Waals surface area contributed by atoms with Crippen LogP contribution in [0.2, 0.25) is 0 Å². The van der Waals surface area contributed by atoms with Crippen LogP contribution in [0.15, 0.2) is 82.1 Å². The molecule has 0 saturated heterocycles. The minimum absolute atomic E-state index is 0.0495. The zero-order chi connectivity index (χ0) is 22.6. The number of nitrogens with one attached hydrogen (secondary N) is 1. The van der Waals surface area contributed by atoms with Crippen molar-refractivity contribution in [2.75, 3.05) is 5.32 Å². The van der Waals surface area contributed by atoms with Crippen LogP contribution in [-0.4, -0.2) is 24.1 Å². The maximum atomic E-state index is 12.8. The van der Waals surface area contributed by atoms with E-state index in [1.165, 1.54) is 12.1 Å². The van der Waals surface area contributed by atoms with Gasteiger partial charge in [0.25, 0.3) is 21.4 Å². The average Bonchev–Trinajstić information content (AvgIpc) is 2.74. The first-order valence-electron chi connectivity index (χ1n) is 8.84. The fourth-order valence-electron chi connectivity index (χ4n) is 2.64. The molecule has 0 bridgehead atoms. The third kappa shape index (κ3) is 5.08. The van der Waals surface area contributed by atoms with E-state index in [0.29, 0.717) is 5.56 Å². The van der Waals surface area contributed by atoms with E-state index in [1.807, 2.05) is 6.92 Å². The molecule has 0 aliphatic rings. The molecule has 158 valence electrons. The molecule has 0 atom stereocenters. The van der Waals surface area contributed by atoms with Crippen LogP contribution >= 0.6 is 0 Å². The zero-order valence-electron chi connectivity index (χ0n) is 16.1. The number of rotatable bonds is 6. The normalized spacial score (nSPS) is 11.7. The standard InChI is InChI=1S/C20H16N4O6S/c1-14-7-10-17(11-8-14)31(29,30)22-20(15-5-3-2-4-6-15)21-18-12-9-16(23(25)26)13-19(18)24(27)28/h2-13H,1H3,(H,21,22). The monoisotopic (exact) mass is 440 g/mol. The van der Waals surface area contributed by atoms with E-state index >= 15 is 0 Å². The lowest BCUT2D eigenvalue weighted by molar-refractivity contribution is -0.393. The molecular weight excluding hydrogens is 424 g/mol. The highest BCUT2D eigenvalue weighted by atomic mass is 32.2. The Labute approximate surface area is 177 Å². The van der Waals surface area contributed by atoms with Gasteiger partial charge in [-0.1, -0.05) is 48.0 Å². The van der Waals surface area contributed by atoms with Crippen LogP contribution in [0.5, 0.6) is 0 Å². The molecule has 0 aliphatic carbocycles. The molecule has 0 saturated carbocycles. The van der Waals surface area contributed by atoms with Gasteiger partial charge in [0.05, 0.1) is 20.8 Å². The van der Waals surface area contributed by atoms with Crippen LogP contribution in [0.25, 0.3) is 0 Å². The van der Waals surface area contributed by atoms with Gasteiger partial charge in [0, 0.05) is 11.6 Å². The summed E-state index contributed by atoms with van der Waals surface area (Å²) in [6.07, 6.45) is 0. The Kier molecular flexibility index (Phi) is 6.07. The van der Waals surface area contributed by atoms with Crippen molar-refractivity contribution in [1.82, 2.24) is 0 Å². The summed E-state index contributed by atoms with van der Waals surface area (Å²) in [7, 11) is -4.15. The second-order valence-electron chi connectivity index (χ2n) is 6.43. The molecule has 0 fully saturated rings. The van der Waals surface area contributed by atoms with Gasteiger partial charge in [0.1, 0.15) is 5.69 Å². The Morgan fingerprint density at radius 1 is 0.903 bits per heavy atom. The lowest BCUT2D eigenvalue weighted by Gasteiger charge is -2.11. The van der Waals surface area contributed by atoms with E-state index in [-0.39, 0.29) is 16.4 Å². The highest BCUT2D eigenvalue weighted by molar-refractivity contribution is 7.90. The van der Waals surface area contributed by atoms with Crippen molar-refractivity contribution in [2.45, 2.75) is 11.8 Å². The number of anilines is 1. The molecule has 0 unspecified atom stereocenters. The quantitative estimate of drug-likeness (QED) is 0.263. The molecule has 3 aromatic rings. The number of nitro benzene ring substituents is 2. The molecule has 0 aromatic heterocycles. The number of amidine groups is 1. The number of hydrogen-bond acceptors (Lipinski definition) is 6. The predicted molar refractivity (Wildman–Crippen MR) is 115 cm³/mol. The van der Waals surface area contributed by atoms with Gasteiger partial charge in [0.2, 0.25) is 0 Å². The van der Waals surface area contributed by atoms with Crippen molar-refractivity contribution in [2.24, 2.45) is 4.40 Å². The van der Waals surface area contributed by atoms with Gasteiger partial charge in [0.15, 0.2) is 5.84 Å². The molecule has 11 heteroatoms. The Bertz CT molecular complexity index is 1270. The van der Waals surface area contributed by atoms with Crippen molar-refractivity contribution in [3.05, 3.63) is 104 Å². The first-order chi connectivity index (χ1) is 14.7. The summed E-state index contributed by atoms with van der Waals surface area (Å²) in [5.74, 6) is -0.168. The molecule has 1 N–H and O–H groups in total. The van der Waals surface area contributed by atoms with E-state index in [2.05, 4.69) is 9.71 Å². The van der Waals surface area contributed by atoms with Gasteiger partial charge < -0.3 is 5.32 Å². The summed E-state index contributed by atoms with van der Waals surface area (Å²) < 4.78 is 29.5. The Morgan fingerprint density at radius 3 is 2.13 bits per heavy atom. The second kappa shape index (κ2) is 8.71. The molecule has 3 aromatic carbocycles. The van der Waals surface area contributed by atoms with Crippen LogP contribution in [-0.2, 0) is 10.0 Å². The average molecular weight is 440 g/mol. The summed E-state index contributed by atoms with van der Waals surface area (Å²) in [4.78, 5) is 20.8. The third-order valence-corrected chi connectivity index (χ3v) is 5.51. The minimum Gasteiger partial charge on any atom is -0.333 e. The van der Waals surface area contributed by atoms with Crippen molar-refractivity contribution in [3.63, 3.8) is 0 Å². The van der Waals surface area contributed by atoms with Crippen molar-refractivity contribution >= 4 is 32.9 Å². The van der Waals surface area contributed by atoms with Crippen molar-refractivity contribution in [3.8, 4) is 0 Å². The number of benzene rings is 3. The molecule has 0 aliphatic heterocycles. The molecule has 3 rings (SSSR count). The number of sulfonamides is 1. The van der Waals surface area contributed by atoms with Gasteiger partial charge >= 0.3 is 0 Å². The summed E-state index contributed by atoms with van der Waals surface area (Å²) in [6.45, 7) is 1.81. The van der Waals surface area contributed by atoms with Crippen LogP contribution in [0, 0.1) is 27.2 Å². The molecule has 0 radical (unpaired) electrons. The fourth-order valence-corrected chi connectivity index (χ4v) is 3.62. The number of nitrogens with zero attached hydrogens (tertiary/aromatic N) is 3. The molecule has 10 nitrogen and oxygen atoms in total. The Balaban J connectivity index is 2.12. The largest absolute Gasteiger partial charge is 0.333 e. The molecule has 0 heterocycles. The predicted octanol–water partition coefficient (Wildman–Crippen LogP) is 4.06. The van der Waals surface area contributed by atoms with E-state index in [1.54, 1.807) is 42.5 Å². The Morgan fingerprint density at radius 2 is 1.55 bits per heavy atom. The fraction of sp³-hybridized carbons (Fsp3) is 0.0500. The summed E-state index contributed by atoms with van der Waals surface area (Å²) >= 11 is 0. The second-order valence-corrected chi connectivity index (χ2v) is 8.04. The number of nitro groups is 2. The number of aryl methyl sites for hydroxylation is 1. The topological polar surface area (TPSA) is 145 Å². The molecule has 0 amide bonds. The van der Waals surface area contributed by atoms with Crippen LogP contribution in [0.3, 0.4) is 0 Å². The first kappa shape index (κ1) is 21.6. The third-order valence-electron chi connectivity index (χ3n) is 4.22. The van der Waals surface area contributed by atoms with Crippen molar-refractivity contribution in [1.29, 1.82) is 0 Å². The first-order valence-corrected chi connectivity index (χ1v) is 10.3. The zero-order valence-corrected chi connectivity index (χ0v) is 16.9. The molecular formula is C20H16N4O6S. The van der Waals surface area contributed by atoms with Crippen LogP contribution < -0.4 is 5.32 Å². The Hall–Kier alpha value is -4.12. The van der Waals surface area contributed by atoms with Gasteiger partial charge in [-0.25, -0.2) is 0 Å².